The number of thioether (sulfide) groups is 1. The summed E-state index contributed by atoms with van der Waals surface area (Å²) in [4.78, 5) is 18.6. The van der Waals surface area contributed by atoms with E-state index < -0.39 is 23.5 Å². The molecule has 182 valence electrons. The van der Waals surface area contributed by atoms with Gasteiger partial charge in [-0.1, -0.05) is 12.1 Å². The van der Waals surface area contributed by atoms with Crippen molar-refractivity contribution < 1.29 is 31.1 Å². The summed E-state index contributed by atoms with van der Waals surface area (Å²) in [6.07, 6.45) is -5.44. The number of amides is 1. The topological polar surface area (TPSA) is 50.5 Å². The Morgan fingerprint density at radius 2 is 1.77 bits per heavy atom. The van der Waals surface area contributed by atoms with Crippen LogP contribution in [0.1, 0.15) is 28.7 Å². The van der Waals surface area contributed by atoms with Crippen LogP contribution in [0.4, 0.5) is 31.1 Å². The zero-order chi connectivity index (χ0) is 25.0. The van der Waals surface area contributed by atoms with E-state index in [-0.39, 0.29) is 23.4 Å². The zero-order valence-corrected chi connectivity index (χ0v) is 18.6. The number of carbonyl (C=O) groups excluding carboxylic acids is 1. The van der Waals surface area contributed by atoms with Gasteiger partial charge in [0.2, 0.25) is 0 Å². The number of aromatic nitrogens is 2. The summed E-state index contributed by atoms with van der Waals surface area (Å²) in [7, 11) is 0. The van der Waals surface area contributed by atoms with Gasteiger partial charge in [0.25, 0.3) is 0 Å². The number of alkyl halides is 6. The molecule has 1 amide bonds. The fraction of sp³-hybridized carbons (Fsp3) is 0.261. The van der Waals surface area contributed by atoms with Gasteiger partial charge in [-0.3, -0.25) is 9.48 Å². The van der Waals surface area contributed by atoms with Crippen LogP contribution < -0.4 is 0 Å². The molecule has 0 saturated carbocycles. The molecule has 0 spiro atoms. The first-order chi connectivity index (χ1) is 16.5. The van der Waals surface area contributed by atoms with Gasteiger partial charge < -0.3 is 4.90 Å². The lowest BCUT2D eigenvalue weighted by molar-refractivity contribution is -0.143. The molecule has 3 heterocycles. The van der Waals surface area contributed by atoms with E-state index in [1.54, 1.807) is 18.2 Å². The van der Waals surface area contributed by atoms with Crippen molar-refractivity contribution in [2.45, 2.75) is 25.3 Å². The van der Waals surface area contributed by atoms with Gasteiger partial charge in [-0.25, -0.2) is 0 Å². The fourth-order valence-electron chi connectivity index (χ4n) is 3.90. The Kier molecular flexibility index (Phi) is 5.65. The second-order valence-electron chi connectivity index (χ2n) is 8.16. The van der Waals surface area contributed by atoms with Crippen LogP contribution in [-0.2, 0) is 18.9 Å². The monoisotopic (exact) mass is 510 g/mol. The molecular weight excluding hydrogens is 494 g/mol. The van der Waals surface area contributed by atoms with Crippen molar-refractivity contribution in [2.24, 2.45) is 4.99 Å². The van der Waals surface area contributed by atoms with Crippen molar-refractivity contribution in [2.75, 3.05) is 13.1 Å². The van der Waals surface area contributed by atoms with Crippen molar-refractivity contribution in [3.63, 3.8) is 0 Å². The number of hydrogen-bond acceptors (Lipinski definition) is 4. The van der Waals surface area contributed by atoms with Gasteiger partial charge in [-0.05, 0) is 59.7 Å². The second kappa shape index (κ2) is 8.43. The Hall–Kier alpha value is -3.28. The van der Waals surface area contributed by atoms with Gasteiger partial charge in [0.1, 0.15) is 5.84 Å². The third kappa shape index (κ3) is 4.79. The molecular formula is C23H16F6N4OS. The number of halogens is 6. The quantitative estimate of drug-likeness (QED) is 0.381. The van der Waals surface area contributed by atoms with E-state index in [2.05, 4.69) is 10.1 Å². The minimum Gasteiger partial charge on any atom is -0.355 e. The Morgan fingerprint density at radius 1 is 1.00 bits per heavy atom. The molecule has 3 aromatic rings. The molecule has 0 N–H and O–H groups in total. The molecule has 2 aromatic carbocycles. The summed E-state index contributed by atoms with van der Waals surface area (Å²) in [6, 6.07) is 6.83. The Balaban J connectivity index is 1.44. The predicted octanol–water partition coefficient (Wildman–Crippen LogP) is 6.43. The lowest BCUT2D eigenvalue weighted by Crippen LogP contribution is -2.41. The van der Waals surface area contributed by atoms with Crippen LogP contribution in [0.25, 0.3) is 17.0 Å². The highest BCUT2D eigenvalue weighted by Crippen LogP contribution is 2.38. The van der Waals surface area contributed by atoms with E-state index in [1.807, 2.05) is 11.0 Å². The van der Waals surface area contributed by atoms with E-state index in [4.69, 9.17) is 0 Å². The van der Waals surface area contributed by atoms with Crippen LogP contribution in [-0.4, -0.2) is 38.8 Å². The van der Waals surface area contributed by atoms with Crippen molar-refractivity contribution in [1.82, 2.24) is 14.7 Å². The van der Waals surface area contributed by atoms with E-state index in [9.17, 15) is 31.1 Å². The number of nitrogens with zero attached hydrogens (tertiary/aromatic N) is 4. The van der Waals surface area contributed by atoms with Crippen LogP contribution in [0.5, 0.6) is 0 Å². The highest BCUT2D eigenvalue weighted by Gasteiger charge is 2.38. The molecule has 5 rings (SSSR count). The average molecular weight is 510 g/mol. The van der Waals surface area contributed by atoms with Crippen LogP contribution in [0.15, 0.2) is 52.5 Å². The molecule has 0 unspecified atom stereocenters. The maximum Gasteiger partial charge on any atom is 0.416 e. The largest absolute Gasteiger partial charge is 0.416 e. The van der Waals surface area contributed by atoms with Crippen molar-refractivity contribution in [3.8, 4) is 0 Å². The van der Waals surface area contributed by atoms with Gasteiger partial charge in [-0.2, -0.15) is 36.4 Å². The van der Waals surface area contributed by atoms with Gasteiger partial charge >= 0.3 is 17.6 Å². The predicted molar refractivity (Wildman–Crippen MR) is 120 cm³/mol. The molecule has 0 atom stereocenters. The summed E-state index contributed by atoms with van der Waals surface area (Å²) >= 11 is 1.03. The van der Waals surface area contributed by atoms with E-state index >= 15 is 0 Å². The first-order valence-electron chi connectivity index (χ1n) is 10.5. The number of hydrogen-bond donors (Lipinski definition) is 0. The van der Waals surface area contributed by atoms with Crippen molar-refractivity contribution in [3.05, 3.63) is 69.8 Å². The zero-order valence-electron chi connectivity index (χ0n) is 17.8. The molecule has 2 aliphatic heterocycles. The highest BCUT2D eigenvalue weighted by molar-refractivity contribution is 8.18. The molecule has 1 saturated heterocycles. The minimum absolute atomic E-state index is 0.126. The van der Waals surface area contributed by atoms with Crippen LogP contribution in [0, 0.1) is 0 Å². The van der Waals surface area contributed by atoms with Crippen molar-refractivity contribution in [1.29, 1.82) is 0 Å². The standard InChI is InChI=1S/C23H16F6N4OS/c24-22(25,26)16-4-3-14(17(10-16)23(27,28)29)11-33-12-15-8-13(2-5-18(15)31-33)9-19-20(30-21(34)35-19)32-6-1-7-32/h2-5,8-10,12H,1,6-7,11H2/b19-9-. The van der Waals surface area contributed by atoms with Crippen LogP contribution >= 0.6 is 11.8 Å². The smallest absolute Gasteiger partial charge is 0.355 e. The van der Waals surface area contributed by atoms with Crippen LogP contribution in [0.3, 0.4) is 0 Å². The summed E-state index contributed by atoms with van der Waals surface area (Å²) in [5.41, 5.74) is -1.76. The maximum absolute atomic E-state index is 13.5. The molecule has 2 aliphatic rings. The lowest BCUT2D eigenvalue weighted by atomic mass is 10.0. The number of rotatable bonds is 3. The van der Waals surface area contributed by atoms with Crippen LogP contribution in [0.2, 0.25) is 0 Å². The van der Waals surface area contributed by atoms with Gasteiger partial charge in [-0.15, -0.1) is 0 Å². The SMILES string of the molecule is O=C1N=C(N2CCC2)/C(=C/c2ccc3nn(Cc4ccc(C(F)(F)F)cc4C(F)(F)F)cc3c2)S1. The summed E-state index contributed by atoms with van der Waals surface area (Å²) in [5, 5.41) is 4.62. The van der Waals surface area contributed by atoms with E-state index in [0.717, 1.165) is 47.8 Å². The molecule has 0 bridgehead atoms. The molecule has 12 heteroatoms. The highest BCUT2D eigenvalue weighted by atomic mass is 32.2. The van der Waals surface area contributed by atoms with Crippen molar-refractivity contribution >= 4 is 39.8 Å². The molecule has 35 heavy (non-hydrogen) atoms. The second-order valence-corrected chi connectivity index (χ2v) is 9.16. The third-order valence-electron chi connectivity index (χ3n) is 5.72. The lowest BCUT2D eigenvalue weighted by Gasteiger charge is -2.32. The first-order valence-corrected chi connectivity index (χ1v) is 11.3. The Morgan fingerprint density at radius 3 is 2.43 bits per heavy atom. The number of benzene rings is 2. The molecule has 0 aliphatic carbocycles. The normalized spacial score (nSPS) is 17.9. The van der Waals surface area contributed by atoms with E-state index in [1.165, 1.54) is 10.9 Å². The summed E-state index contributed by atoms with van der Waals surface area (Å²) in [5.74, 6) is 0.643. The molecule has 0 radical (unpaired) electrons. The maximum atomic E-state index is 13.5. The number of fused-ring (bicyclic) bond motifs is 1. The molecule has 1 aromatic heterocycles. The van der Waals surface area contributed by atoms with Gasteiger partial charge in [0, 0.05) is 24.7 Å². The number of carbonyl (C=O) groups is 1. The number of aliphatic imine (C=N–C) groups is 1. The van der Waals surface area contributed by atoms with E-state index in [0.29, 0.717) is 22.8 Å². The fourth-order valence-corrected chi connectivity index (χ4v) is 4.68. The summed E-state index contributed by atoms with van der Waals surface area (Å²) in [6.45, 7) is 1.31. The number of amidine groups is 1. The third-order valence-corrected chi connectivity index (χ3v) is 6.51. The summed E-state index contributed by atoms with van der Waals surface area (Å²) < 4.78 is 80.5. The Labute approximate surface area is 199 Å². The Bertz CT molecular complexity index is 1380. The average Bonchev–Trinajstić information content (AvgIpc) is 3.27. The van der Waals surface area contributed by atoms with Gasteiger partial charge in [0.05, 0.1) is 28.1 Å². The molecule has 5 nitrogen and oxygen atoms in total. The number of likely N-dealkylation sites (tertiary alicyclic amines) is 1. The first kappa shape index (κ1) is 23.5. The van der Waals surface area contributed by atoms with Gasteiger partial charge in [0.15, 0.2) is 0 Å². The molecule has 1 fully saturated rings. The minimum atomic E-state index is -4.95.